The molecule has 13 heavy (non-hydrogen) atoms. The maximum absolute atomic E-state index is 5.41. The minimum atomic E-state index is 0. The highest BCUT2D eigenvalue weighted by atomic mass is 35.5. The Hall–Kier alpha value is -0.0900. The van der Waals surface area contributed by atoms with Gasteiger partial charge >= 0.3 is 0 Å². The molecule has 1 fully saturated rings. The molecule has 1 saturated heterocycles. The van der Waals surface area contributed by atoms with Crippen LogP contribution in [-0.2, 0) is 4.74 Å². The molecule has 2 heterocycles. The Kier molecular flexibility index (Phi) is 4.19. The third-order valence-corrected chi connectivity index (χ3v) is 3.27. The third kappa shape index (κ3) is 2.44. The van der Waals surface area contributed by atoms with Gasteiger partial charge in [-0.1, -0.05) is 0 Å². The Morgan fingerprint density at radius 1 is 1.62 bits per heavy atom. The first kappa shape index (κ1) is 11.0. The average molecular weight is 220 g/mol. The van der Waals surface area contributed by atoms with E-state index in [1.165, 1.54) is 10.4 Å². The van der Waals surface area contributed by atoms with Crippen molar-refractivity contribution in [2.24, 2.45) is 0 Å². The quantitative estimate of drug-likeness (QED) is 0.782. The van der Waals surface area contributed by atoms with Crippen molar-refractivity contribution in [3.63, 3.8) is 0 Å². The SMILES string of the molecule is Cc1ccsc1[C@@H]1COCCN1.Cl. The molecule has 0 aliphatic carbocycles. The molecule has 0 spiro atoms. The van der Waals surface area contributed by atoms with Crippen molar-refractivity contribution >= 4 is 23.7 Å². The molecule has 1 aliphatic rings. The predicted octanol–water partition coefficient (Wildman–Crippen LogP) is 2.14. The first-order valence-corrected chi connectivity index (χ1v) is 5.11. The van der Waals surface area contributed by atoms with Crippen LogP contribution in [-0.4, -0.2) is 19.8 Å². The fourth-order valence-corrected chi connectivity index (χ4v) is 2.46. The van der Waals surface area contributed by atoms with Gasteiger partial charge in [0, 0.05) is 11.4 Å². The Morgan fingerprint density at radius 2 is 2.46 bits per heavy atom. The maximum Gasteiger partial charge on any atom is 0.0670 e. The van der Waals surface area contributed by atoms with Gasteiger partial charge in [0.15, 0.2) is 0 Å². The molecule has 0 radical (unpaired) electrons. The Bertz CT molecular complexity index is 258. The number of ether oxygens (including phenoxy) is 1. The maximum atomic E-state index is 5.41. The van der Waals surface area contributed by atoms with E-state index in [9.17, 15) is 0 Å². The topological polar surface area (TPSA) is 21.3 Å². The lowest BCUT2D eigenvalue weighted by Crippen LogP contribution is -2.34. The summed E-state index contributed by atoms with van der Waals surface area (Å²) in [5, 5.41) is 5.59. The summed E-state index contributed by atoms with van der Waals surface area (Å²) in [6.45, 7) is 4.80. The van der Waals surface area contributed by atoms with Gasteiger partial charge in [0.05, 0.1) is 19.3 Å². The van der Waals surface area contributed by atoms with E-state index in [0.29, 0.717) is 6.04 Å². The van der Waals surface area contributed by atoms with Crippen LogP contribution in [0, 0.1) is 6.92 Å². The van der Waals surface area contributed by atoms with Crippen molar-refractivity contribution in [2.45, 2.75) is 13.0 Å². The number of hydrogen-bond acceptors (Lipinski definition) is 3. The molecule has 1 N–H and O–H groups in total. The molecule has 1 aromatic rings. The van der Waals surface area contributed by atoms with Crippen molar-refractivity contribution in [1.82, 2.24) is 5.32 Å². The first-order chi connectivity index (χ1) is 5.88. The summed E-state index contributed by atoms with van der Waals surface area (Å²) < 4.78 is 5.41. The fourth-order valence-electron chi connectivity index (χ4n) is 1.48. The second-order valence-corrected chi connectivity index (χ2v) is 4.00. The van der Waals surface area contributed by atoms with Crippen molar-refractivity contribution in [3.8, 4) is 0 Å². The number of halogens is 1. The standard InChI is InChI=1S/C9H13NOS.ClH/c1-7-2-5-12-9(7)8-6-11-4-3-10-8;/h2,5,8,10H,3-4,6H2,1H3;1H/t8-;/m0./s1. The van der Waals surface area contributed by atoms with Crippen LogP contribution in [0.2, 0.25) is 0 Å². The van der Waals surface area contributed by atoms with Crippen LogP contribution in [0.1, 0.15) is 16.5 Å². The fraction of sp³-hybridized carbons (Fsp3) is 0.556. The molecule has 0 bridgehead atoms. The van der Waals surface area contributed by atoms with Crippen LogP contribution in [0.25, 0.3) is 0 Å². The van der Waals surface area contributed by atoms with E-state index in [1.807, 2.05) is 11.3 Å². The van der Waals surface area contributed by atoms with E-state index in [-0.39, 0.29) is 12.4 Å². The summed E-state index contributed by atoms with van der Waals surface area (Å²) in [7, 11) is 0. The van der Waals surface area contributed by atoms with Crippen molar-refractivity contribution in [3.05, 3.63) is 21.9 Å². The zero-order chi connectivity index (χ0) is 8.39. The molecule has 0 aromatic carbocycles. The summed E-state index contributed by atoms with van der Waals surface area (Å²) >= 11 is 1.81. The van der Waals surface area contributed by atoms with E-state index in [1.54, 1.807) is 0 Å². The lowest BCUT2D eigenvalue weighted by atomic mass is 10.1. The Morgan fingerprint density at radius 3 is 3.00 bits per heavy atom. The van der Waals surface area contributed by atoms with Crippen molar-refractivity contribution in [2.75, 3.05) is 19.8 Å². The van der Waals surface area contributed by atoms with Crippen LogP contribution in [0.4, 0.5) is 0 Å². The highest BCUT2D eigenvalue weighted by Crippen LogP contribution is 2.24. The van der Waals surface area contributed by atoms with Gasteiger partial charge in [-0.05, 0) is 23.9 Å². The number of hydrogen-bond donors (Lipinski definition) is 1. The first-order valence-electron chi connectivity index (χ1n) is 4.23. The van der Waals surface area contributed by atoms with Gasteiger partial charge in [-0.15, -0.1) is 23.7 Å². The van der Waals surface area contributed by atoms with Gasteiger partial charge in [-0.2, -0.15) is 0 Å². The van der Waals surface area contributed by atoms with E-state index >= 15 is 0 Å². The van der Waals surface area contributed by atoms with Crippen LogP contribution in [0.5, 0.6) is 0 Å². The molecular formula is C9H14ClNOS. The molecule has 4 heteroatoms. The van der Waals surface area contributed by atoms with E-state index in [2.05, 4.69) is 23.7 Å². The van der Waals surface area contributed by atoms with Crippen LogP contribution < -0.4 is 5.32 Å². The lowest BCUT2D eigenvalue weighted by molar-refractivity contribution is 0.0777. The molecule has 0 unspecified atom stereocenters. The highest BCUT2D eigenvalue weighted by molar-refractivity contribution is 7.10. The molecule has 74 valence electrons. The van der Waals surface area contributed by atoms with Crippen LogP contribution in [0.15, 0.2) is 11.4 Å². The van der Waals surface area contributed by atoms with Gasteiger partial charge in [0.25, 0.3) is 0 Å². The van der Waals surface area contributed by atoms with Gasteiger partial charge in [-0.25, -0.2) is 0 Å². The normalized spacial score (nSPS) is 22.4. The molecule has 1 aromatic heterocycles. The van der Waals surface area contributed by atoms with Gasteiger partial charge in [0.1, 0.15) is 0 Å². The summed E-state index contributed by atoms with van der Waals surface area (Å²) in [5.74, 6) is 0. The second-order valence-electron chi connectivity index (χ2n) is 3.05. The molecular weight excluding hydrogens is 206 g/mol. The van der Waals surface area contributed by atoms with E-state index in [4.69, 9.17) is 4.74 Å². The van der Waals surface area contributed by atoms with E-state index in [0.717, 1.165) is 19.8 Å². The number of rotatable bonds is 1. The summed E-state index contributed by atoms with van der Waals surface area (Å²) in [6, 6.07) is 2.59. The van der Waals surface area contributed by atoms with Crippen molar-refractivity contribution in [1.29, 1.82) is 0 Å². The van der Waals surface area contributed by atoms with Crippen molar-refractivity contribution < 1.29 is 4.74 Å². The predicted molar refractivity (Wildman–Crippen MR) is 57.9 cm³/mol. The summed E-state index contributed by atoms with van der Waals surface area (Å²) in [4.78, 5) is 1.43. The largest absolute Gasteiger partial charge is 0.378 e. The Labute approximate surface area is 88.7 Å². The zero-order valence-electron chi connectivity index (χ0n) is 7.58. The zero-order valence-corrected chi connectivity index (χ0v) is 9.21. The molecule has 2 nitrogen and oxygen atoms in total. The van der Waals surface area contributed by atoms with E-state index < -0.39 is 0 Å². The third-order valence-electron chi connectivity index (χ3n) is 2.14. The molecule has 1 atom stereocenters. The number of thiophene rings is 1. The molecule has 2 rings (SSSR count). The van der Waals surface area contributed by atoms with Gasteiger partial charge in [-0.3, -0.25) is 0 Å². The highest BCUT2D eigenvalue weighted by Gasteiger charge is 2.17. The minimum absolute atomic E-state index is 0. The lowest BCUT2D eigenvalue weighted by Gasteiger charge is -2.23. The van der Waals surface area contributed by atoms with Gasteiger partial charge in [0.2, 0.25) is 0 Å². The van der Waals surface area contributed by atoms with Crippen LogP contribution >= 0.6 is 23.7 Å². The monoisotopic (exact) mass is 219 g/mol. The van der Waals surface area contributed by atoms with Crippen LogP contribution in [0.3, 0.4) is 0 Å². The number of nitrogens with one attached hydrogen (secondary N) is 1. The molecule has 0 amide bonds. The number of morpholine rings is 1. The average Bonchev–Trinajstić information content (AvgIpc) is 2.53. The second kappa shape index (κ2) is 4.96. The number of aryl methyl sites for hydroxylation is 1. The summed E-state index contributed by atoms with van der Waals surface area (Å²) in [6.07, 6.45) is 0. The smallest absolute Gasteiger partial charge is 0.0670 e. The Balaban J connectivity index is 0.000000845. The minimum Gasteiger partial charge on any atom is -0.378 e. The van der Waals surface area contributed by atoms with Gasteiger partial charge < -0.3 is 10.1 Å². The summed E-state index contributed by atoms with van der Waals surface area (Å²) in [5.41, 5.74) is 1.38. The molecule has 1 aliphatic heterocycles. The molecule has 0 saturated carbocycles.